The fourth-order valence-corrected chi connectivity index (χ4v) is 9.12. The molecule has 0 aliphatic heterocycles. The van der Waals surface area contributed by atoms with Crippen LogP contribution in [0.5, 0.6) is 11.5 Å². The quantitative estimate of drug-likeness (QED) is 0.0551. The van der Waals surface area contributed by atoms with Gasteiger partial charge in [-0.15, -0.1) is 0 Å². The van der Waals surface area contributed by atoms with E-state index in [4.69, 9.17) is 19.5 Å². The fourth-order valence-electron chi connectivity index (χ4n) is 6.89. The van der Waals surface area contributed by atoms with Gasteiger partial charge in [0, 0.05) is 106 Å². The van der Waals surface area contributed by atoms with E-state index in [0.717, 1.165) is 37.6 Å². The molecule has 0 N–H and O–H groups in total. The Morgan fingerprint density at radius 2 is 0.750 bits per heavy atom. The largest absolute Gasteiger partial charge is 0.867 e. The van der Waals surface area contributed by atoms with Gasteiger partial charge in [0.25, 0.3) is 0 Å². The van der Waals surface area contributed by atoms with Crippen LogP contribution in [0.25, 0.3) is 64.0 Å². The van der Waals surface area contributed by atoms with E-state index >= 15 is 0 Å². The summed E-state index contributed by atoms with van der Waals surface area (Å²) in [5, 5.41) is 16.6. The summed E-state index contributed by atoms with van der Waals surface area (Å²) in [6.07, 6.45) is 7.08. The molecule has 0 aliphatic carbocycles. The summed E-state index contributed by atoms with van der Waals surface area (Å²) in [7, 11) is -3.17. The maximum Gasteiger partial charge on any atom is 0.134 e. The molecule has 0 aliphatic rings. The summed E-state index contributed by atoms with van der Waals surface area (Å²) < 4.78 is 21.7. The zero-order valence-electron chi connectivity index (χ0n) is 36.5. The highest BCUT2D eigenvalue weighted by Crippen LogP contribution is 2.39. The van der Waals surface area contributed by atoms with Gasteiger partial charge in [0.15, 0.2) is 0 Å². The average molecular weight is 885 g/mol. The molecule has 8 rings (SSSR count). The first-order valence-corrected chi connectivity index (χ1v) is 23.6. The first-order valence-electron chi connectivity index (χ1n) is 22.0. The van der Waals surface area contributed by atoms with E-state index in [9.17, 15) is 4.32 Å². The third-order valence-corrected chi connectivity index (χ3v) is 12.5. The molecule has 4 nitrogen and oxygen atoms in total. The van der Waals surface area contributed by atoms with Gasteiger partial charge in [0.2, 0.25) is 0 Å². The molecule has 8 heteroatoms. The summed E-state index contributed by atoms with van der Waals surface area (Å²) in [4.78, 5) is 5.05. The second-order valence-electron chi connectivity index (χ2n) is 15.0. The molecular weight excluding hydrogens is 831 g/mol. The summed E-state index contributed by atoms with van der Waals surface area (Å²) in [6, 6.07) is 68.7. The van der Waals surface area contributed by atoms with Crippen LogP contribution in [0.3, 0.4) is 0 Å². The van der Waals surface area contributed by atoms with E-state index in [-0.39, 0.29) is 0 Å². The van der Waals surface area contributed by atoms with E-state index in [1.165, 1.54) is 89.7 Å². The normalized spacial score (nSPS) is 10.5. The van der Waals surface area contributed by atoms with Crippen LogP contribution in [0, 0.1) is 0 Å². The van der Waals surface area contributed by atoms with Gasteiger partial charge in [-0.2, -0.15) is 0 Å². The van der Waals surface area contributed by atoms with E-state index in [1.54, 1.807) is 0 Å². The van der Waals surface area contributed by atoms with Crippen molar-refractivity contribution in [3.05, 3.63) is 194 Å². The van der Waals surface area contributed by atoms with Crippen molar-refractivity contribution in [2.24, 2.45) is 0 Å². The van der Waals surface area contributed by atoms with Crippen molar-refractivity contribution in [3.8, 4) is 75.5 Å². The Labute approximate surface area is 387 Å². The van der Waals surface area contributed by atoms with E-state index in [0.29, 0.717) is 0 Å². The predicted molar refractivity (Wildman–Crippen MR) is 267 cm³/mol. The lowest BCUT2D eigenvalue weighted by Gasteiger charge is -2.09. The molecule has 0 spiro atoms. The van der Waals surface area contributed by atoms with Crippen LogP contribution in [0.4, 0.5) is 4.32 Å². The summed E-state index contributed by atoms with van der Waals surface area (Å²) in [6.45, 7) is 6.00. The van der Waals surface area contributed by atoms with Crippen LogP contribution < -0.4 is 19.5 Å². The van der Waals surface area contributed by atoms with Gasteiger partial charge < -0.3 is 23.8 Å². The number of rotatable bonds is 16. The lowest BCUT2D eigenvalue weighted by atomic mass is 10.0. The van der Waals surface area contributed by atoms with E-state index in [2.05, 4.69) is 208 Å². The lowest BCUT2D eigenvalue weighted by Crippen LogP contribution is -2.39. The van der Waals surface area contributed by atoms with E-state index in [1.807, 2.05) is 22.7 Å². The second-order valence-corrected chi connectivity index (χ2v) is 17.2. The molecule has 0 unspecified atom stereocenters. The molecule has 2 heterocycles. The summed E-state index contributed by atoms with van der Waals surface area (Å²) >= 11 is 3.65. The van der Waals surface area contributed by atoms with Gasteiger partial charge in [0.1, 0.15) is 28.6 Å². The summed E-state index contributed by atoms with van der Waals surface area (Å²) in [5.41, 5.74) is 9.88. The number of benzene rings is 6. The molecule has 0 atom stereocenters. The van der Waals surface area contributed by atoms with Crippen molar-refractivity contribution in [3.63, 3.8) is 0 Å². The molecule has 64 heavy (non-hydrogen) atoms. The Morgan fingerprint density at radius 3 is 1.06 bits per heavy atom. The van der Waals surface area contributed by atoms with Crippen LogP contribution >= 0.6 is 22.7 Å². The molecule has 2 aromatic heterocycles. The number of ether oxygens (including phenoxy) is 2. The number of hydrogen-bond acceptors (Lipinski definition) is 6. The van der Waals surface area contributed by atoms with Crippen LogP contribution in [-0.2, 0) is 0 Å². The van der Waals surface area contributed by atoms with Gasteiger partial charge in [-0.05, 0) is 61.4 Å². The Hall–Kier alpha value is -6.03. The Morgan fingerprint density at radius 1 is 0.438 bits per heavy atom. The third-order valence-electron chi connectivity index (χ3n) is 10.2. The van der Waals surface area contributed by atoms with Crippen molar-refractivity contribution in [1.82, 2.24) is 0 Å². The standard InChI is InChI=1S/2C28H27OS.BFO2/c2*1-2-3-10-19-29-26-17-15-24(16-18-26)28-21-25(22-11-6-4-7-12-22)20-27(30-28)23-13-8-5-9-14-23;2-1(3)4/h2*4-9,11-18,20-21H,2-3,10,19H2,1H3;/q2*+1;-2. The Bertz CT molecular complexity index is 2250. The first-order chi connectivity index (χ1) is 31.4. The van der Waals surface area contributed by atoms with Crippen molar-refractivity contribution in [2.45, 2.75) is 52.4 Å². The molecule has 0 radical (unpaired) electrons. The smallest absolute Gasteiger partial charge is 0.134 e. The fraction of sp³-hybridized carbons (Fsp3) is 0.179. The molecule has 6 aromatic carbocycles. The van der Waals surface area contributed by atoms with E-state index < -0.39 is 7.40 Å². The Balaban J connectivity index is 0.000000196. The van der Waals surface area contributed by atoms with Crippen LogP contribution in [0.15, 0.2) is 194 Å². The van der Waals surface area contributed by atoms with Crippen molar-refractivity contribution < 1.29 is 23.8 Å². The molecule has 0 amide bonds. The molecule has 0 fully saturated rings. The highest BCUT2D eigenvalue weighted by atomic mass is 32.1. The maximum atomic E-state index is 9.89. The topological polar surface area (TPSA) is 64.6 Å². The number of unbranched alkanes of at least 4 members (excludes halogenated alkanes) is 4. The third kappa shape index (κ3) is 15.1. The SMILES string of the molecule is CCCCCOc1ccc(-[c+]2cc(-c3ccccc3)cc(-c3ccccc3)s2)cc1.CCCCCOc1ccc(-[c+]2cc(-c3ccccc3)cc(-c3ccccc3)s2)cc1.[O-]B([O-])F. The lowest BCUT2D eigenvalue weighted by molar-refractivity contribution is -0.366. The summed E-state index contributed by atoms with van der Waals surface area (Å²) in [5.74, 6) is 1.89. The van der Waals surface area contributed by atoms with Gasteiger partial charge in [-0.1, -0.05) is 135 Å². The predicted octanol–water partition coefficient (Wildman–Crippen LogP) is 14.9. The molecule has 324 valence electrons. The average Bonchev–Trinajstić information content (AvgIpc) is 3.35. The molecule has 0 saturated heterocycles. The highest BCUT2D eigenvalue weighted by Gasteiger charge is 2.16. The first kappa shape index (κ1) is 47.5. The molecule has 0 bridgehead atoms. The van der Waals surface area contributed by atoms with Crippen molar-refractivity contribution in [2.75, 3.05) is 13.2 Å². The van der Waals surface area contributed by atoms with Gasteiger partial charge in [0.05, 0.1) is 34.1 Å². The minimum atomic E-state index is -3.17. The number of halogens is 1. The zero-order chi connectivity index (χ0) is 44.8. The molecular formula is C56H54BFO4S2. The van der Waals surface area contributed by atoms with Crippen LogP contribution in [0.2, 0.25) is 0 Å². The minimum Gasteiger partial charge on any atom is -0.867 e. The van der Waals surface area contributed by atoms with Crippen molar-refractivity contribution in [1.29, 1.82) is 0 Å². The maximum absolute atomic E-state index is 9.89. The van der Waals surface area contributed by atoms with Crippen molar-refractivity contribution >= 4 is 30.1 Å². The van der Waals surface area contributed by atoms with Crippen LogP contribution in [-0.4, -0.2) is 20.6 Å². The monoisotopic (exact) mass is 884 g/mol. The van der Waals surface area contributed by atoms with Gasteiger partial charge in [-0.25, -0.2) is 0 Å². The molecule has 0 saturated carbocycles. The Kier molecular flexibility index (Phi) is 19.2. The highest BCUT2D eigenvalue weighted by molar-refractivity contribution is 7.18. The second kappa shape index (κ2) is 25.9. The van der Waals surface area contributed by atoms with Crippen LogP contribution in [0.1, 0.15) is 52.4 Å². The number of hydrogen-bond donors (Lipinski definition) is 0. The molecule has 8 aromatic rings. The zero-order valence-corrected chi connectivity index (χ0v) is 38.2. The minimum absolute atomic E-state index is 0.789. The van der Waals surface area contributed by atoms with Gasteiger partial charge in [-0.3, -0.25) is 0 Å². The van der Waals surface area contributed by atoms with Gasteiger partial charge >= 0.3 is 0 Å².